The van der Waals surface area contributed by atoms with Crippen molar-refractivity contribution in [2.24, 2.45) is 0 Å². The summed E-state index contributed by atoms with van der Waals surface area (Å²) in [5.74, 6) is 0.802. The lowest BCUT2D eigenvalue weighted by Gasteiger charge is -2.12. The first kappa shape index (κ1) is 11.4. The van der Waals surface area contributed by atoms with Crippen LogP contribution in [0.3, 0.4) is 0 Å². The van der Waals surface area contributed by atoms with Crippen LogP contribution in [-0.4, -0.2) is 9.36 Å². The van der Waals surface area contributed by atoms with E-state index in [2.05, 4.69) is 21.6 Å². The molecule has 1 unspecified atom stereocenters. The van der Waals surface area contributed by atoms with E-state index in [0.717, 1.165) is 16.0 Å². The molecule has 0 fully saturated rings. The van der Waals surface area contributed by atoms with Gasteiger partial charge in [-0.2, -0.15) is 4.37 Å². The average molecular weight is 254 g/mol. The van der Waals surface area contributed by atoms with Gasteiger partial charge in [-0.3, -0.25) is 0 Å². The van der Waals surface area contributed by atoms with Crippen LogP contribution in [0.5, 0.6) is 0 Å². The van der Waals surface area contributed by atoms with Crippen LogP contribution in [0.4, 0.5) is 5.13 Å². The fourth-order valence-corrected chi connectivity index (χ4v) is 2.16. The van der Waals surface area contributed by atoms with Crippen molar-refractivity contribution in [1.29, 1.82) is 0 Å². The van der Waals surface area contributed by atoms with Crippen molar-refractivity contribution in [2.45, 2.75) is 19.9 Å². The number of anilines is 1. The first-order valence-corrected chi connectivity index (χ1v) is 6.12. The maximum absolute atomic E-state index is 5.84. The molecule has 1 heterocycles. The Bertz CT molecular complexity index is 466. The van der Waals surface area contributed by atoms with E-state index in [4.69, 9.17) is 11.6 Å². The van der Waals surface area contributed by atoms with Gasteiger partial charge >= 0.3 is 0 Å². The summed E-state index contributed by atoms with van der Waals surface area (Å²) in [5, 5.41) is 4.90. The van der Waals surface area contributed by atoms with Gasteiger partial charge in [0, 0.05) is 16.6 Å². The monoisotopic (exact) mass is 253 g/mol. The molecule has 0 aliphatic heterocycles. The molecule has 0 aliphatic carbocycles. The summed E-state index contributed by atoms with van der Waals surface area (Å²) in [6.07, 6.45) is 0. The highest BCUT2D eigenvalue weighted by molar-refractivity contribution is 7.09. The maximum Gasteiger partial charge on any atom is 0.203 e. The highest BCUT2D eigenvalue weighted by Crippen LogP contribution is 2.21. The van der Waals surface area contributed by atoms with Crippen LogP contribution in [0.15, 0.2) is 24.3 Å². The molecule has 3 nitrogen and oxygen atoms in total. The summed E-state index contributed by atoms with van der Waals surface area (Å²) in [6, 6.07) is 7.99. The van der Waals surface area contributed by atoms with Crippen LogP contribution in [0, 0.1) is 6.92 Å². The van der Waals surface area contributed by atoms with Gasteiger partial charge in [0.05, 0.1) is 6.04 Å². The van der Waals surface area contributed by atoms with Crippen molar-refractivity contribution >= 4 is 28.3 Å². The summed E-state index contributed by atoms with van der Waals surface area (Å²) in [5.41, 5.74) is 1.18. The van der Waals surface area contributed by atoms with E-state index in [1.54, 1.807) is 0 Å². The van der Waals surface area contributed by atoms with E-state index in [9.17, 15) is 0 Å². The van der Waals surface area contributed by atoms with Gasteiger partial charge in [-0.05, 0) is 31.5 Å². The van der Waals surface area contributed by atoms with Crippen LogP contribution in [-0.2, 0) is 0 Å². The lowest BCUT2D eigenvalue weighted by Crippen LogP contribution is -2.05. The Morgan fingerprint density at radius 1 is 1.31 bits per heavy atom. The summed E-state index contributed by atoms with van der Waals surface area (Å²) < 4.78 is 4.12. The molecule has 16 heavy (non-hydrogen) atoms. The zero-order chi connectivity index (χ0) is 11.5. The van der Waals surface area contributed by atoms with Crippen molar-refractivity contribution in [1.82, 2.24) is 9.36 Å². The van der Waals surface area contributed by atoms with Crippen LogP contribution >= 0.6 is 23.1 Å². The molecule has 2 aromatic rings. The molecule has 0 saturated carbocycles. The Kier molecular flexibility index (Phi) is 3.41. The van der Waals surface area contributed by atoms with Gasteiger partial charge in [0.2, 0.25) is 5.13 Å². The molecule has 84 valence electrons. The zero-order valence-electron chi connectivity index (χ0n) is 9.07. The Balaban J connectivity index is 2.08. The maximum atomic E-state index is 5.84. The van der Waals surface area contributed by atoms with Crippen molar-refractivity contribution in [3.63, 3.8) is 0 Å². The number of hydrogen-bond acceptors (Lipinski definition) is 4. The minimum absolute atomic E-state index is 0.199. The molecule has 1 aromatic heterocycles. The van der Waals surface area contributed by atoms with Gasteiger partial charge in [-0.15, -0.1) is 0 Å². The molecule has 0 saturated heterocycles. The molecular weight excluding hydrogens is 242 g/mol. The quantitative estimate of drug-likeness (QED) is 0.907. The lowest BCUT2D eigenvalue weighted by atomic mass is 10.1. The second-order valence-electron chi connectivity index (χ2n) is 3.56. The first-order chi connectivity index (χ1) is 7.65. The lowest BCUT2D eigenvalue weighted by molar-refractivity contribution is 0.880. The van der Waals surface area contributed by atoms with Crippen molar-refractivity contribution in [3.8, 4) is 0 Å². The molecule has 1 atom stereocenters. The Morgan fingerprint density at radius 3 is 2.56 bits per heavy atom. The van der Waals surface area contributed by atoms with Crippen LogP contribution < -0.4 is 5.32 Å². The molecule has 0 spiro atoms. The number of benzene rings is 1. The van der Waals surface area contributed by atoms with Gasteiger partial charge in [0.1, 0.15) is 5.82 Å². The largest absolute Gasteiger partial charge is 0.354 e. The number of hydrogen-bond donors (Lipinski definition) is 1. The number of aromatic nitrogens is 2. The fourth-order valence-electron chi connectivity index (χ4n) is 1.38. The van der Waals surface area contributed by atoms with Gasteiger partial charge in [-0.25, -0.2) is 4.98 Å². The zero-order valence-corrected chi connectivity index (χ0v) is 10.6. The molecule has 0 amide bonds. The molecule has 2 rings (SSSR count). The molecule has 0 bridgehead atoms. The van der Waals surface area contributed by atoms with Gasteiger partial charge < -0.3 is 5.32 Å². The minimum Gasteiger partial charge on any atom is -0.354 e. The number of halogens is 1. The second-order valence-corrected chi connectivity index (χ2v) is 4.75. The van der Waals surface area contributed by atoms with E-state index in [1.807, 2.05) is 31.2 Å². The van der Waals surface area contributed by atoms with E-state index in [-0.39, 0.29) is 6.04 Å². The highest BCUT2D eigenvalue weighted by atomic mass is 35.5. The van der Waals surface area contributed by atoms with Crippen molar-refractivity contribution in [2.75, 3.05) is 5.32 Å². The molecule has 5 heteroatoms. The smallest absolute Gasteiger partial charge is 0.203 e. The standard InChI is InChI=1S/C11H12ClN3S/c1-7(9-3-5-10(12)6-4-9)13-11-14-8(2)15-16-11/h3-7H,1-2H3,(H,13,14,15). The number of nitrogens with one attached hydrogen (secondary N) is 1. The van der Waals surface area contributed by atoms with Crippen LogP contribution in [0.2, 0.25) is 5.02 Å². The first-order valence-electron chi connectivity index (χ1n) is 4.97. The SMILES string of the molecule is Cc1nsc(NC(C)c2ccc(Cl)cc2)n1. The summed E-state index contributed by atoms with van der Waals surface area (Å²) in [6.45, 7) is 3.97. The number of rotatable bonds is 3. The van der Waals surface area contributed by atoms with Gasteiger partial charge in [0.15, 0.2) is 0 Å². The minimum atomic E-state index is 0.199. The van der Waals surface area contributed by atoms with Gasteiger partial charge in [-0.1, -0.05) is 23.7 Å². The molecule has 0 radical (unpaired) electrons. The van der Waals surface area contributed by atoms with Crippen LogP contribution in [0.1, 0.15) is 24.4 Å². The summed E-state index contributed by atoms with van der Waals surface area (Å²) >= 11 is 7.22. The van der Waals surface area contributed by atoms with E-state index < -0.39 is 0 Å². The molecule has 1 aromatic carbocycles. The molecule has 0 aliphatic rings. The molecular formula is C11H12ClN3S. The third-order valence-electron chi connectivity index (χ3n) is 2.24. The van der Waals surface area contributed by atoms with Crippen LogP contribution in [0.25, 0.3) is 0 Å². The predicted molar refractivity (Wildman–Crippen MR) is 68.1 cm³/mol. The Labute approximate surface area is 104 Å². The van der Waals surface area contributed by atoms with Crippen molar-refractivity contribution < 1.29 is 0 Å². The van der Waals surface area contributed by atoms with E-state index in [0.29, 0.717) is 0 Å². The van der Waals surface area contributed by atoms with E-state index >= 15 is 0 Å². The second kappa shape index (κ2) is 4.80. The fraction of sp³-hybridized carbons (Fsp3) is 0.273. The summed E-state index contributed by atoms with van der Waals surface area (Å²) in [7, 11) is 0. The Morgan fingerprint density at radius 2 is 2.00 bits per heavy atom. The predicted octanol–water partition coefficient (Wildman–Crippen LogP) is 3.67. The average Bonchev–Trinajstić information content (AvgIpc) is 2.65. The topological polar surface area (TPSA) is 37.8 Å². The summed E-state index contributed by atoms with van der Waals surface area (Å²) in [4.78, 5) is 4.26. The third kappa shape index (κ3) is 2.71. The van der Waals surface area contributed by atoms with Crippen molar-refractivity contribution in [3.05, 3.63) is 40.7 Å². The third-order valence-corrected chi connectivity index (χ3v) is 3.23. The number of aryl methyl sites for hydroxylation is 1. The molecule has 1 N–H and O–H groups in total. The van der Waals surface area contributed by atoms with E-state index in [1.165, 1.54) is 17.1 Å². The Hall–Kier alpha value is -1.13. The number of nitrogens with zero attached hydrogens (tertiary/aromatic N) is 2. The normalized spacial score (nSPS) is 12.4. The highest BCUT2D eigenvalue weighted by Gasteiger charge is 2.07. The van der Waals surface area contributed by atoms with Gasteiger partial charge in [0.25, 0.3) is 0 Å².